The number of epoxide rings is 1. The number of hydrogen-bond donors (Lipinski definition) is 1. The van der Waals surface area contributed by atoms with E-state index in [0.717, 1.165) is 12.3 Å². The number of benzene rings is 1. The van der Waals surface area contributed by atoms with Gasteiger partial charge in [-0.2, -0.15) is 0 Å². The first kappa shape index (κ1) is 10.1. The molecule has 2 saturated heterocycles. The Labute approximate surface area is 95.8 Å². The van der Waals surface area contributed by atoms with E-state index in [1.165, 1.54) is 5.56 Å². The molecule has 4 atom stereocenters. The largest absolute Gasteiger partial charge is 0.497 e. The van der Waals surface area contributed by atoms with Crippen molar-refractivity contribution in [2.24, 2.45) is 0 Å². The maximum absolute atomic E-state index is 5.57. The topological polar surface area (TPSA) is 33.8 Å². The molecule has 0 saturated carbocycles. The first-order chi connectivity index (χ1) is 7.79. The molecule has 0 aliphatic carbocycles. The number of hydrogen-bond acceptors (Lipinski definition) is 3. The van der Waals surface area contributed by atoms with E-state index in [4.69, 9.17) is 9.47 Å². The third-order valence-electron chi connectivity index (χ3n) is 3.71. The summed E-state index contributed by atoms with van der Waals surface area (Å²) < 4.78 is 10.7. The fourth-order valence-corrected chi connectivity index (χ4v) is 2.58. The smallest absolute Gasteiger partial charge is 0.118 e. The molecule has 16 heavy (non-hydrogen) atoms. The van der Waals surface area contributed by atoms with Gasteiger partial charge >= 0.3 is 0 Å². The van der Waals surface area contributed by atoms with Crippen LogP contribution in [0.5, 0.6) is 5.75 Å². The number of ether oxygens (including phenoxy) is 2. The summed E-state index contributed by atoms with van der Waals surface area (Å²) in [5, 5.41) is 3.53. The molecule has 3 nitrogen and oxygen atoms in total. The van der Waals surface area contributed by atoms with Crippen LogP contribution >= 0.6 is 0 Å². The van der Waals surface area contributed by atoms with Gasteiger partial charge in [-0.1, -0.05) is 19.1 Å². The SMILES string of the molecule is COc1ccc([C@H](C)[C@@H]2NC[C@H]3O[C@H]23)cc1. The number of morpholine rings is 1. The zero-order valence-corrected chi connectivity index (χ0v) is 9.64. The predicted octanol–water partition coefficient (Wildman–Crippen LogP) is 1.54. The van der Waals surface area contributed by atoms with Crippen molar-refractivity contribution in [3.05, 3.63) is 29.8 Å². The molecule has 0 radical (unpaired) electrons. The Morgan fingerprint density at radius 1 is 1.38 bits per heavy atom. The van der Waals surface area contributed by atoms with Crippen LogP contribution < -0.4 is 10.1 Å². The second-order valence-electron chi connectivity index (χ2n) is 4.64. The normalized spacial score (nSPS) is 33.2. The van der Waals surface area contributed by atoms with Crippen LogP contribution in [0.25, 0.3) is 0 Å². The molecule has 2 aliphatic heterocycles. The van der Waals surface area contributed by atoms with Gasteiger partial charge in [-0.3, -0.25) is 0 Å². The van der Waals surface area contributed by atoms with Gasteiger partial charge in [0, 0.05) is 12.6 Å². The minimum Gasteiger partial charge on any atom is -0.497 e. The van der Waals surface area contributed by atoms with Crippen LogP contribution in [-0.4, -0.2) is 31.9 Å². The van der Waals surface area contributed by atoms with E-state index in [2.05, 4.69) is 24.4 Å². The lowest BCUT2D eigenvalue weighted by molar-refractivity contribution is 0.273. The highest BCUT2D eigenvalue weighted by Crippen LogP contribution is 2.37. The molecule has 3 heteroatoms. The fraction of sp³-hybridized carbons (Fsp3) is 0.538. The van der Waals surface area contributed by atoms with E-state index >= 15 is 0 Å². The number of rotatable bonds is 3. The molecule has 86 valence electrons. The average molecular weight is 219 g/mol. The molecule has 0 bridgehead atoms. The first-order valence-electron chi connectivity index (χ1n) is 5.82. The molecular formula is C13H17NO2. The van der Waals surface area contributed by atoms with Gasteiger partial charge in [0.05, 0.1) is 13.2 Å². The van der Waals surface area contributed by atoms with Crippen molar-refractivity contribution in [2.45, 2.75) is 31.1 Å². The van der Waals surface area contributed by atoms with Gasteiger partial charge in [-0.05, 0) is 23.6 Å². The Balaban J connectivity index is 1.75. The van der Waals surface area contributed by atoms with Crippen LogP contribution in [-0.2, 0) is 4.74 Å². The van der Waals surface area contributed by atoms with Crippen molar-refractivity contribution in [2.75, 3.05) is 13.7 Å². The summed E-state index contributed by atoms with van der Waals surface area (Å²) in [6, 6.07) is 8.79. The minimum atomic E-state index is 0.442. The monoisotopic (exact) mass is 219 g/mol. The Morgan fingerprint density at radius 3 is 2.62 bits per heavy atom. The molecule has 0 unspecified atom stereocenters. The van der Waals surface area contributed by atoms with Gasteiger partial charge in [0.15, 0.2) is 0 Å². The van der Waals surface area contributed by atoms with Crippen LogP contribution in [0.15, 0.2) is 24.3 Å². The summed E-state index contributed by atoms with van der Waals surface area (Å²) in [6.45, 7) is 3.26. The lowest BCUT2D eigenvalue weighted by Crippen LogP contribution is -2.33. The zero-order chi connectivity index (χ0) is 11.1. The first-order valence-corrected chi connectivity index (χ1v) is 5.82. The fourth-order valence-electron chi connectivity index (χ4n) is 2.58. The molecular weight excluding hydrogens is 202 g/mol. The Morgan fingerprint density at radius 2 is 2.12 bits per heavy atom. The summed E-state index contributed by atoms with van der Waals surface area (Å²) in [6.07, 6.45) is 0.919. The van der Waals surface area contributed by atoms with E-state index in [-0.39, 0.29) is 0 Å². The van der Waals surface area contributed by atoms with E-state index in [9.17, 15) is 0 Å². The van der Waals surface area contributed by atoms with Crippen molar-refractivity contribution in [1.82, 2.24) is 5.32 Å². The molecule has 1 N–H and O–H groups in total. The average Bonchev–Trinajstić information content (AvgIpc) is 3.00. The van der Waals surface area contributed by atoms with Crippen LogP contribution in [0.2, 0.25) is 0 Å². The molecule has 3 rings (SSSR count). The Hall–Kier alpha value is -1.06. The quantitative estimate of drug-likeness (QED) is 0.783. The third kappa shape index (κ3) is 1.60. The molecule has 0 amide bonds. The molecule has 2 aliphatic rings. The highest BCUT2D eigenvalue weighted by atomic mass is 16.6. The van der Waals surface area contributed by atoms with Crippen molar-refractivity contribution in [1.29, 1.82) is 0 Å². The van der Waals surface area contributed by atoms with Crippen LogP contribution in [0.4, 0.5) is 0 Å². The zero-order valence-electron chi connectivity index (χ0n) is 9.64. The van der Waals surface area contributed by atoms with E-state index in [1.807, 2.05) is 12.1 Å². The van der Waals surface area contributed by atoms with Gasteiger partial charge < -0.3 is 14.8 Å². The molecule has 0 spiro atoms. The highest BCUT2D eigenvalue weighted by molar-refractivity contribution is 5.31. The van der Waals surface area contributed by atoms with E-state index in [0.29, 0.717) is 24.2 Å². The van der Waals surface area contributed by atoms with Gasteiger partial charge in [-0.15, -0.1) is 0 Å². The number of methoxy groups -OCH3 is 1. The minimum absolute atomic E-state index is 0.442. The summed E-state index contributed by atoms with van der Waals surface area (Å²) in [4.78, 5) is 0. The van der Waals surface area contributed by atoms with Crippen molar-refractivity contribution >= 4 is 0 Å². The molecule has 2 heterocycles. The summed E-state index contributed by atoms with van der Waals surface area (Å²) >= 11 is 0. The lowest BCUT2D eigenvalue weighted by atomic mass is 9.92. The van der Waals surface area contributed by atoms with E-state index < -0.39 is 0 Å². The van der Waals surface area contributed by atoms with Crippen LogP contribution in [0.3, 0.4) is 0 Å². The van der Waals surface area contributed by atoms with E-state index in [1.54, 1.807) is 7.11 Å². The lowest BCUT2D eigenvalue weighted by Gasteiger charge is -2.21. The predicted molar refractivity (Wildman–Crippen MR) is 61.9 cm³/mol. The van der Waals surface area contributed by atoms with Gasteiger partial charge in [0.1, 0.15) is 11.9 Å². The molecule has 1 aromatic rings. The third-order valence-corrected chi connectivity index (χ3v) is 3.71. The number of nitrogens with one attached hydrogen (secondary N) is 1. The van der Waals surface area contributed by atoms with Crippen molar-refractivity contribution in [3.63, 3.8) is 0 Å². The summed E-state index contributed by atoms with van der Waals surface area (Å²) in [5.74, 6) is 1.40. The summed E-state index contributed by atoms with van der Waals surface area (Å²) in [7, 11) is 1.69. The molecule has 1 aromatic carbocycles. The Kier molecular flexibility index (Phi) is 2.37. The summed E-state index contributed by atoms with van der Waals surface area (Å²) in [5.41, 5.74) is 1.34. The van der Waals surface area contributed by atoms with Crippen molar-refractivity contribution in [3.8, 4) is 5.75 Å². The Bertz CT molecular complexity index is 376. The van der Waals surface area contributed by atoms with Gasteiger partial charge in [-0.25, -0.2) is 0 Å². The van der Waals surface area contributed by atoms with Gasteiger partial charge in [0.2, 0.25) is 0 Å². The standard InChI is InChI=1S/C13H17NO2/c1-8(12-13-11(16-13)7-14-12)9-3-5-10(15-2)6-4-9/h3-6,8,11-14H,7H2,1-2H3/t8-,11+,12-,13-/m0/s1. The maximum Gasteiger partial charge on any atom is 0.118 e. The molecule has 0 aromatic heterocycles. The maximum atomic E-state index is 5.57. The molecule has 2 fully saturated rings. The highest BCUT2D eigenvalue weighted by Gasteiger charge is 2.51. The second kappa shape index (κ2) is 3.75. The van der Waals surface area contributed by atoms with Crippen molar-refractivity contribution < 1.29 is 9.47 Å². The number of fused-ring (bicyclic) bond motifs is 1. The van der Waals surface area contributed by atoms with Crippen LogP contribution in [0.1, 0.15) is 18.4 Å². The van der Waals surface area contributed by atoms with Gasteiger partial charge in [0.25, 0.3) is 0 Å². The van der Waals surface area contributed by atoms with Crippen LogP contribution in [0, 0.1) is 0 Å². The second-order valence-corrected chi connectivity index (χ2v) is 4.64.